The van der Waals surface area contributed by atoms with Crippen LogP contribution in [0.1, 0.15) is 61.3 Å². The molecule has 1 amide bonds. The molecule has 1 saturated heterocycles. The molecule has 0 radical (unpaired) electrons. The van der Waals surface area contributed by atoms with E-state index in [1.807, 2.05) is 11.0 Å². The highest BCUT2D eigenvalue weighted by molar-refractivity contribution is 6.02. The molecule has 4 aliphatic rings. The van der Waals surface area contributed by atoms with Gasteiger partial charge < -0.3 is 20.8 Å². The molecule has 0 unspecified atom stereocenters. The molecule has 0 bridgehead atoms. The third-order valence-corrected chi connectivity index (χ3v) is 8.12. The lowest BCUT2D eigenvalue weighted by atomic mass is 9.71. The number of fused-ring (bicyclic) bond motifs is 1. The van der Waals surface area contributed by atoms with Gasteiger partial charge in [-0.15, -0.1) is 0 Å². The van der Waals surface area contributed by atoms with Gasteiger partial charge in [0, 0.05) is 24.7 Å². The van der Waals surface area contributed by atoms with Crippen molar-refractivity contribution in [3.8, 4) is 0 Å². The van der Waals surface area contributed by atoms with Crippen molar-refractivity contribution in [1.29, 1.82) is 0 Å². The average molecular weight is 453 g/mol. The van der Waals surface area contributed by atoms with E-state index < -0.39 is 0 Å². The Morgan fingerprint density at radius 3 is 2.64 bits per heavy atom. The zero-order chi connectivity index (χ0) is 23.3. The third-order valence-electron chi connectivity index (χ3n) is 8.12. The van der Waals surface area contributed by atoms with E-state index in [0.29, 0.717) is 30.5 Å². The highest BCUT2D eigenvalue weighted by Gasteiger charge is 2.50. The summed E-state index contributed by atoms with van der Waals surface area (Å²) < 4.78 is 5.12. The Hall–Kier alpha value is -2.91. The predicted molar refractivity (Wildman–Crippen MR) is 123 cm³/mol. The van der Waals surface area contributed by atoms with E-state index >= 15 is 0 Å². The fourth-order valence-corrected chi connectivity index (χ4v) is 5.87. The maximum atomic E-state index is 13.3. The standard InChI is InChI=1S/C24H32N6O3/c1-14-16(3-4-18-19(14)12-30(26)21(18)28-25)11-27-17-5-7-24(8-6-17)9-10-29(23(24)32)20-13-33-22(31)15(20)2/h3-4,17,27H,5-13,25-26H2,1-2H3/b28-21-. The van der Waals surface area contributed by atoms with Crippen LogP contribution in [0.4, 0.5) is 0 Å². The number of benzene rings is 1. The summed E-state index contributed by atoms with van der Waals surface area (Å²) in [4.78, 5) is 26.9. The summed E-state index contributed by atoms with van der Waals surface area (Å²) in [5, 5.41) is 9.12. The lowest BCUT2D eigenvalue weighted by Gasteiger charge is -2.36. The molecule has 33 heavy (non-hydrogen) atoms. The number of amides is 1. The molecule has 1 aromatic carbocycles. The van der Waals surface area contributed by atoms with Crippen molar-refractivity contribution in [3.05, 3.63) is 45.7 Å². The fourth-order valence-electron chi connectivity index (χ4n) is 5.87. The first kappa shape index (κ1) is 21.9. The maximum absolute atomic E-state index is 13.3. The Labute approximate surface area is 193 Å². The minimum Gasteiger partial charge on any atom is -0.456 e. The molecular weight excluding hydrogens is 420 g/mol. The van der Waals surface area contributed by atoms with Gasteiger partial charge in [0.25, 0.3) is 0 Å². The number of hydrazone groups is 1. The Balaban J connectivity index is 1.20. The van der Waals surface area contributed by atoms with Crippen LogP contribution in [-0.2, 0) is 27.4 Å². The first-order valence-corrected chi connectivity index (χ1v) is 11.7. The van der Waals surface area contributed by atoms with Gasteiger partial charge in [0.05, 0.1) is 23.2 Å². The van der Waals surface area contributed by atoms with E-state index in [2.05, 4.69) is 23.4 Å². The van der Waals surface area contributed by atoms with Gasteiger partial charge in [-0.3, -0.25) is 9.80 Å². The van der Waals surface area contributed by atoms with Gasteiger partial charge in [-0.05, 0) is 62.6 Å². The molecule has 1 saturated carbocycles. The zero-order valence-electron chi connectivity index (χ0n) is 19.3. The summed E-state index contributed by atoms with van der Waals surface area (Å²) in [5.74, 6) is 12.0. The van der Waals surface area contributed by atoms with Gasteiger partial charge in [-0.25, -0.2) is 10.6 Å². The molecule has 1 spiro atoms. The number of rotatable bonds is 4. The van der Waals surface area contributed by atoms with E-state index in [9.17, 15) is 9.59 Å². The smallest absolute Gasteiger partial charge is 0.336 e. The maximum Gasteiger partial charge on any atom is 0.336 e. The van der Waals surface area contributed by atoms with E-state index in [1.165, 1.54) is 16.7 Å². The SMILES string of the molecule is CC1=C(N2CCC3(CCC(NCc4ccc5c(c4C)CN(N)/C5=N\N)CC3)C2=O)COC1=O. The summed E-state index contributed by atoms with van der Waals surface area (Å²) >= 11 is 0. The van der Waals surface area contributed by atoms with Crippen LogP contribution in [0.25, 0.3) is 0 Å². The molecule has 176 valence electrons. The highest BCUT2D eigenvalue weighted by Crippen LogP contribution is 2.46. The monoisotopic (exact) mass is 452 g/mol. The number of amidine groups is 1. The first-order chi connectivity index (χ1) is 15.8. The molecule has 0 aromatic heterocycles. The van der Waals surface area contributed by atoms with Crippen molar-refractivity contribution in [2.75, 3.05) is 13.2 Å². The van der Waals surface area contributed by atoms with Crippen LogP contribution in [0, 0.1) is 12.3 Å². The van der Waals surface area contributed by atoms with E-state index in [-0.39, 0.29) is 23.9 Å². The van der Waals surface area contributed by atoms with Crippen LogP contribution in [0.5, 0.6) is 0 Å². The van der Waals surface area contributed by atoms with Crippen LogP contribution in [0.3, 0.4) is 0 Å². The van der Waals surface area contributed by atoms with Crippen LogP contribution >= 0.6 is 0 Å². The summed E-state index contributed by atoms with van der Waals surface area (Å²) in [6.45, 7) is 6.17. The number of ether oxygens (including phenoxy) is 1. The normalized spacial score (nSPS) is 28.5. The van der Waals surface area contributed by atoms with Crippen molar-refractivity contribution in [3.63, 3.8) is 0 Å². The fraction of sp³-hybridized carbons (Fsp3) is 0.542. The molecule has 2 fully saturated rings. The molecule has 0 atom stereocenters. The van der Waals surface area contributed by atoms with Crippen molar-refractivity contribution in [2.45, 2.75) is 65.1 Å². The van der Waals surface area contributed by atoms with Gasteiger partial charge in [0.1, 0.15) is 6.61 Å². The largest absolute Gasteiger partial charge is 0.456 e. The number of carbonyl (C=O) groups is 2. The second-order valence-corrected chi connectivity index (χ2v) is 9.75. The van der Waals surface area contributed by atoms with Gasteiger partial charge in [-0.1, -0.05) is 12.1 Å². The van der Waals surface area contributed by atoms with Crippen LogP contribution in [0.15, 0.2) is 28.5 Å². The Kier molecular flexibility index (Phi) is 5.41. The lowest BCUT2D eigenvalue weighted by Crippen LogP contribution is -2.42. The quantitative estimate of drug-likeness (QED) is 0.358. The molecule has 9 heteroatoms. The van der Waals surface area contributed by atoms with Gasteiger partial charge in [-0.2, -0.15) is 5.10 Å². The molecule has 5 N–H and O–H groups in total. The number of nitrogens with two attached hydrogens (primary N) is 2. The van der Waals surface area contributed by atoms with E-state index in [4.69, 9.17) is 16.4 Å². The van der Waals surface area contributed by atoms with Crippen molar-refractivity contribution in [2.24, 2.45) is 22.2 Å². The number of hydrogen-bond acceptors (Lipinski definition) is 7. The Morgan fingerprint density at radius 1 is 1.21 bits per heavy atom. The molecule has 3 heterocycles. The number of esters is 1. The van der Waals surface area contributed by atoms with Crippen molar-refractivity contribution >= 4 is 17.7 Å². The number of hydrogen-bond donors (Lipinski definition) is 3. The molecule has 3 aliphatic heterocycles. The van der Waals surface area contributed by atoms with Crippen molar-refractivity contribution < 1.29 is 14.3 Å². The number of nitrogens with zero attached hydrogens (tertiary/aromatic N) is 3. The summed E-state index contributed by atoms with van der Waals surface area (Å²) in [6.07, 6.45) is 4.55. The number of nitrogens with one attached hydrogen (secondary N) is 1. The summed E-state index contributed by atoms with van der Waals surface area (Å²) in [7, 11) is 0. The molecule has 1 aliphatic carbocycles. The summed E-state index contributed by atoms with van der Waals surface area (Å²) in [5.41, 5.74) is 5.70. The van der Waals surface area contributed by atoms with Crippen LogP contribution in [-0.4, -0.2) is 46.8 Å². The Bertz CT molecular complexity index is 1070. The topological polar surface area (TPSA) is 126 Å². The first-order valence-electron chi connectivity index (χ1n) is 11.7. The molecule has 1 aromatic rings. The summed E-state index contributed by atoms with van der Waals surface area (Å²) in [6, 6.07) is 4.55. The van der Waals surface area contributed by atoms with Crippen LogP contribution < -0.4 is 17.0 Å². The van der Waals surface area contributed by atoms with Gasteiger partial charge in [0.2, 0.25) is 5.91 Å². The number of carbonyl (C=O) groups excluding carboxylic acids is 2. The molecule has 9 nitrogen and oxygen atoms in total. The highest BCUT2D eigenvalue weighted by atomic mass is 16.5. The van der Waals surface area contributed by atoms with Crippen molar-refractivity contribution in [1.82, 2.24) is 15.2 Å². The van der Waals surface area contributed by atoms with E-state index in [0.717, 1.165) is 49.9 Å². The van der Waals surface area contributed by atoms with E-state index in [1.54, 1.807) is 11.9 Å². The lowest BCUT2D eigenvalue weighted by molar-refractivity contribution is -0.138. The zero-order valence-corrected chi connectivity index (χ0v) is 19.3. The van der Waals surface area contributed by atoms with Gasteiger partial charge >= 0.3 is 5.97 Å². The Morgan fingerprint density at radius 2 is 1.97 bits per heavy atom. The number of hydrazine groups is 1. The average Bonchev–Trinajstić information content (AvgIpc) is 3.43. The minimum absolute atomic E-state index is 0.173. The van der Waals surface area contributed by atoms with Crippen LogP contribution in [0.2, 0.25) is 0 Å². The second kappa shape index (κ2) is 8.14. The minimum atomic E-state index is -0.306. The number of cyclic esters (lactones) is 1. The second-order valence-electron chi connectivity index (χ2n) is 9.75. The predicted octanol–water partition coefficient (Wildman–Crippen LogP) is 1.39. The van der Waals surface area contributed by atoms with Gasteiger partial charge in [0.15, 0.2) is 5.84 Å². The number of likely N-dealkylation sites (tertiary alicyclic amines) is 1. The molecule has 5 rings (SSSR count). The molecular formula is C24H32N6O3. The third kappa shape index (κ3) is 3.50.